The molecule has 2 aromatic rings. The Labute approximate surface area is 137 Å². The smallest absolute Gasteiger partial charge is 0.139 e. The summed E-state index contributed by atoms with van der Waals surface area (Å²) in [5.41, 5.74) is 1.87. The molecule has 0 amide bonds. The Morgan fingerprint density at radius 1 is 0.727 bits per heavy atom. The van der Waals surface area contributed by atoms with Gasteiger partial charge in [-0.15, -0.1) is 0 Å². The van der Waals surface area contributed by atoms with E-state index < -0.39 is 0 Å². The largest absolute Gasteiger partial charge is 0.377 e. The summed E-state index contributed by atoms with van der Waals surface area (Å²) in [5, 5.41) is 6.17. The second-order valence-corrected chi connectivity index (χ2v) is 6.47. The Hall–Kier alpha value is -1.92. The van der Waals surface area contributed by atoms with Crippen LogP contribution in [0.3, 0.4) is 0 Å². The lowest BCUT2D eigenvalue weighted by molar-refractivity contribution is -0.107. The fraction of sp³-hybridized carbons (Fsp3) is 0.125. The molecule has 2 N–H and O–H groups in total. The van der Waals surface area contributed by atoms with Gasteiger partial charge in [0.05, 0.1) is 13.1 Å². The van der Waals surface area contributed by atoms with Gasteiger partial charge >= 0.3 is 0 Å². The second kappa shape index (κ2) is 9.17. The van der Waals surface area contributed by atoms with E-state index in [4.69, 9.17) is 0 Å². The number of anilines is 2. The van der Waals surface area contributed by atoms with E-state index in [1.54, 1.807) is 21.6 Å². The molecule has 0 saturated carbocycles. The summed E-state index contributed by atoms with van der Waals surface area (Å²) in [5.74, 6) is 0. The first-order chi connectivity index (χ1) is 10.8. The van der Waals surface area contributed by atoms with Crippen LogP contribution in [0.5, 0.6) is 0 Å². The fourth-order valence-electron chi connectivity index (χ4n) is 1.76. The summed E-state index contributed by atoms with van der Waals surface area (Å²) < 4.78 is 0. The zero-order valence-electron chi connectivity index (χ0n) is 11.8. The number of aldehydes is 2. The summed E-state index contributed by atoms with van der Waals surface area (Å²) in [6, 6.07) is 15.7. The Balaban J connectivity index is 2.07. The Morgan fingerprint density at radius 3 is 1.55 bits per heavy atom. The monoisotopic (exact) mass is 332 g/mol. The van der Waals surface area contributed by atoms with Crippen LogP contribution in [0, 0.1) is 0 Å². The molecule has 6 heteroatoms. The third kappa shape index (κ3) is 4.82. The molecule has 0 aliphatic heterocycles. The van der Waals surface area contributed by atoms with Gasteiger partial charge in [0, 0.05) is 21.2 Å². The average molecular weight is 332 g/mol. The third-order valence-electron chi connectivity index (χ3n) is 2.75. The fourth-order valence-corrected chi connectivity index (χ4v) is 4.08. The molecule has 22 heavy (non-hydrogen) atoms. The topological polar surface area (TPSA) is 58.2 Å². The molecular weight excluding hydrogens is 316 g/mol. The zero-order valence-corrected chi connectivity index (χ0v) is 13.5. The number of hydrogen-bond acceptors (Lipinski definition) is 6. The van der Waals surface area contributed by atoms with Crippen molar-refractivity contribution in [3.63, 3.8) is 0 Å². The molecule has 0 fully saturated rings. The van der Waals surface area contributed by atoms with Crippen molar-refractivity contribution in [2.24, 2.45) is 0 Å². The van der Waals surface area contributed by atoms with Crippen LogP contribution in [0.15, 0.2) is 58.3 Å². The Bertz CT molecular complexity index is 580. The van der Waals surface area contributed by atoms with Gasteiger partial charge in [0.1, 0.15) is 12.6 Å². The standard InChI is InChI=1S/C16H16N2O2S2/c19-11-9-17-13-5-1-3-7-15(13)21-22-16-8-4-2-6-14(16)18-10-12-20/h1-8,11-12,17-18H,9-10H2. The number of para-hydroxylation sites is 2. The van der Waals surface area contributed by atoms with Crippen molar-refractivity contribution in [3.8, 4) is 0 Å². The van der Waals surface area contributed by atoms with E-state index in [0.29, 0.717) is 13.1 Å². The predicted molar refractivity (Wildman–Crippen MR) is 93.7 cm³/mol. The van der Waals surface area contributed by atoms with E-state index in [9.17, 15) is 9.59 Å². The van der Waals surface area contributed by atoms with Gasteiger partial charge < -0.3 is 20.2 Å². The summed E-state index contributed by atoms with van der Waals surface area (Å²) >= 11 is 0. The molecule has 0 aliphatic carbocycles. The number of nitrogens with one attached hydrogen (secondary N) is 2. The van der Waals surface area contributed by atoms with Crippen LogP contribution in [0.1, 0.15) is 0 Å². The Kier molecular flexibility index (Phi) is 6.86. The molecule has 2 rings (SSSR count). The normalized spacial score (nSPS) is 10.0. The van der Waals surface area contributed by atoms with E-state index in [-0.39, 0.29) is 0 Å². The van der Waals surface area contributed by atoms with Crippen LogP contribution in [0.25, 0.3) is 0 Å². The van der Waals surface area contributed by atoms with Gasteiger partial charge in [0.25, 0.3) is 0 Å². The second-order valence-electron chi connectivity index (χ2n) is 4.25. The highest BCUT2D eigenvalue weighted by Crippen LogP contribution is 2.43. The molecule has 114 valence electrons. The van der Waals surface area contributed by atoms with Crippen LogP contribution < -0.4 is 10.6 Å². The van der Waals surface area contributed by atoms with E-state index in [1.165, 1.54) is 0 Å². The lowest BCUT2D eigenvalue weighted by Crippen LogP contribution is -2.03. The minimum absolute atomic E-state index is 0.291. The minimum atomic E-state index is 0.291. The SMILES string of the molecule is O=CCNc1ccccc1SSc1ccccc1NCC=O. The minimum Gasteiger partial charge on any atom is -0.377 e. The molecule has 2 aromatic carbocycles. The highest BCUT2D eigenvalue weighted by Gasteiger charge is 2.06. The van der Waals surface area contributed by atoms with E-state index >= 15 is 0 Å². The lowest BCUT2D eigenvalue weighted by atomic mass is 10.3. The van der Waals surface area contributed by atoms with E-state index in [2.05, 4.69) is 10.6 Å². The molecular formula is C16H16N2O2S2. The predicted octanol–water partition coefficient (Wildman–Crippen LogP) is 3.71. The molecule has 0 spiro atoms. The summed E-state index contributed by atoms with van der Waals surface area (Å²) in [4.78, 5) is 23.1. The zero-order chi connectivity index (χ0) is 15.6. The van der Waals surface area contributed by atoms with Crippen LogP contribution in [0.4, 0.5) is 11.4 Å². The summed E-state index contributed by atoms with van der Waals surface area (Å²) in [6.07, 6.45) is 1.68. The van der Waals surface area contributed by atoms with Crippen LogP contribution in [-0.4, -0.2) is 25.7 Å². The van der Waals surface area contributed by atoms with E-state index in [0.717, 1.165) is 33.7 Å². The van der Waals surface area contributed by atoms with Gasteiger partial charge in [-0.2, -0.15) is 0 Å². The first kappa shape index (κ1) is 16.5. The summed E-state index contributed by atoms with van der Waals surface area (Å²) in [7, 11) is 3.22. The number of carbonyl (C=O) groups excluding carboxylic acids is 2. The van der Waals surface area contributed by atoms with Gasteiger partial charge in [-0.05, 0) is 24.3 Å². The number of hydrogen-bond donors (Lipinski definition) is 2. The number of rotatable bonds is 9. The van der Waals surface area contributed by atoms with Gasteiger partial charge in [0.2, 0.25) is 0 Å². The van der Waals surface area contributed by atoms with Crippen molar-refractivity contribution in [2.45, 2.75) is 9.79 Å². The number of benzene rings is 2. The quantitative estimate of drug-likeness (QED) is 0.539. The van der Waals surface area contributed by atoms with Gasteiger partial charge in [-0.1, -0.05) is 45.9 Å². The lowest BCUT2D eigenvalue weighted by Gasteiger charge is -2.11. The van der Waals surface area contributed by atoms with Crippen molar-refractivity contribution in [3.05, 3.63) is 48.5 Å². The van der Waals surface area contributed by atoms with Crippen LogP contribution in [0.2, 0.25) is 0 Å². The van der Waals surface area contributed by atoms with Crippen molar-refractivity contribution < 1.29 is 9.59 Å². The van der Waals surface area contributed by atoms with Crippen molar-refractivity contribution in [1.29, 1.82) is 0 Å². The van der Waals surface area contributed by atoms with E-state index in [1.807, 2.05) is 48.5 Å². The first-order valence-corrected chi connectivity index (χ1v) is 8.87. The van der Waals surface area contributed by atoms with Crippen molar-refractivity contribution in [1.82, 2.24) is 0 Å². The van der Waals surface area contributed by atoms with Crippen LogP contribution in [-0.2, 0) is 9.59 Å². The highest BCUT2D eigenvalue weighted by molar-refractivity contribution is 8.76. The molecule has 0 radical (unpaired) electrons. The van der Waals surface area contributed by atoms with Crippen molar-refractivity contribution >= 4 is 45.5 Å². The Morgan fingerprint density at radius 2 is 1.14 bits per heavy atom. The summed E-state index contributed by atoms with van der Waals surface area (Å²) in [6.45, 7) is 0.583. The maximum absolute atomic E-state index is 10.5. The van der Waals surface area contributed by atoms with Gasteiger partial charge in [-0.3, -0.25) is 0 Å². The molecule has 0 aliphatic rings. The number of carbonyl (C=O) groups is 2. The average Bonchev–Trinajstić information content (AvgIpc) is 2.57. The van der Waals surface area contributed by atoms with Gasteiger partial charge in [0.15, 0.2) is 0 Å². The highest BCUT2D eigenvalue weighted by atomic mass is 33.1. The molecule has 0 saturated heterocycles. The van der Waals surface area contributed by atoms with Gasteiger partial charge in [-0.25, -0.2) is 0 Å². The maximum atomic E-state index is 10.5. The molecule has 0 bridgehead atoms. The molecule has 4 nitrogen and oxygen atoms in total. The van der Waals surface area contributed by atoms with Crippen molar-refractivity contribution in [2.75, 3.05) is 23.7 Å². The maximum Gasteiger partial charge on any atom is 0.139 e. The van der Waals surface area contributed by atoms with Crippen LogP contribution >= 0.6 is 21.6 Å². The molecule has 0 atom stereocenters. The molecule has 0 aromatic heterocycles. The molecule has 0 unspecified atom stereocenters. The third-order valence-corrected chi connectivity index (χ3v) is 5.23. The molecule has 0 heterocycles. The first-order valence-electron chi connectivity index (χ1n) is 6.72.